The fourth-order valence-electron chi connectivity index (χ4n) is 3.09. The Bertz CT molecular complexity index is 458. The molecule has 2 N–H and O–H groups in total. The Kier molecular flexibility index (Phi) is 4.81. The first-order valence-electron chi connectivity index (χ1n) is 7.79. The largest absolute Gasteiger partial charge is 0.349 e. The Morgan fingerprint density at radius 3 is 2.55 bits per heavy atom. The molecule has 1 aromatic carbocycles. The molecular weight excluding hydrogens is 248 g/mol. The van der Waals surface area contributed by atoms with Crippen molar-refractivity contribution in [2.24, 2.45) is 0 Å². The SMILES string of the molecule is CCC(CC)(CC)NC(=O)C1NCCc2ccccc21. The molecular formula is C17H26N2O. The highest BCUT2D eigenvalue weighted by Crippen LogP contribution is 2.25. The van der Waals surface area contributed by atoms with E-state index in [-0.39, 0.29) is 17.5 Å². The standard InChI is InChI=1S/C17H26N2O/c1-4-17(5-2,6-3)19-16(20)15-14-10-8-7-9-13(14)11-12-18-15/h7-10,15,18H,4-6,11-12H2,1-3H3,(H,19,20). The van der Waals surface area contributed by atoms with E-state index in [2.05, 4.69) is 43.5 Å². The lowest BCUT2D eigenvalue weighted by atomic mass is 9.88. The van der Waals surface area contributed by atoms with Gasteiger partial charge in [0.25, 0.3) is 0 Å². The van der Waals surface area contributed by atoms with Crippen molar-refractivity contribution in [1.29, 1.82) is 0 Å². The molecule has 3 heteroatoms. The van der Waals surface area contributed by atoms with E-state index in [9.17, 15) is 4.79 Å². The number of benzene rings is 1. The number of hydrogen-bond donors (Lipinski definition) is 2. The van der Waals surface area contributed by atoms with Crippen molar-refractivity contribution in [2.45, 2.75) is 58.0 Å². The van der Waals surface area contributed by atoms with Crippen molar-refractivity contribution in [1.82, 2.24) is 10.6 Å². The van der Waals surface area contributed by atoms with Gasteiger partial charge < -0.3 is 10.6 Å². The lowest BCUT2D eigenvalue weighted by Crippen LogP contribution is -2.52. The minimum absolute atomic E-state index is 0.0643. The molecule has 0 aliphatic carbocycles. The molecule has 0 aromatic heterocycles. The summed E-state index contributed by atoms with van der Waals surface area (Å²) < 4.78 is 0. The average Bonchev–Trinajstić information content (AvgIpc) is 2.52. The predicted octanol–water partition coefficient (Wildman–Crippen LogP) is 2.96. The van der Waals surface area contributed by atoms with Gasteiger partial charge in [0.1, 0.15) is 6.04 Å². The van der Waals surface area contributed by atoms with E-state index in [1.807, 2.05) is 12.1 Å². The van der Waals surface area contributed by atoms with Crippen LogP contribution >= 0.6 is 0 Å². The van der Waals surface area contributed by atoms with E-state index in [4.69, 9.17) is 0 Å². The molecule has 1 unspecified atom stereocenters. The summed E-state index contributed by atoms with van der Waals surface area (Å²) in [6, 6.07) is 8.05. The van der Waals surface area contributed by atoms with Gasteiger partial charge in [-0.05, 0) is 36.8 Å². The molecule has 1 atom stereocenters. The first-order valence-corrected chi connectivity index (χ1v) is 7.79. The highest BCUT2D eigenvalue weighted by molar-refractivity contribution is 5.84. The summed E-state index contributed by atoms with van der Waals surface area (Å²) >= 11 is 0. The molecule has 2 rings (SSSR count). The van der Waals surface area contributed by atoms with Crippen molar-refractivity contribution < 1.29 is 4.79 Å². The molecule has 0 saturated carbocycles. The van der Waals surface area contributed by atoms with Crippen LogP contribution in [0.1, 0.15) is 57.2 Å². The average molecular weight is 274 g/mol. The number of carbonyl (C=O) groups excluding carboxylic acids is 1. The summed E-state index contributed by atoms with van der Waals surface area (Å²) in [5.74, 6) is 0.114. The summed E-state index contributed by atoms with van der Waals surface area (Å²) in [4.78, 5) is 12.7. The normalized spacial score (nSPS) is 18.4. The zero-order chi connectivity index (χ0) is 14.6. The Labute approximate surface area is 122 Å². The van der Waals surface area contributed by atoms with Crippen LogP contribution in [0.5, 0.6) is 0 Å². The summed E-state index contributed by atoms with van der Waals surface area (Å²) in [7, 11) is 0. The third-order valence-electron chi connectivity index (χ3n) is 4.79. The molecule has 1 aromatic rings. The molecule has 1 aliphatic rings. The Balaban J connectivity index is 2.19. The van der Waals surface area contributed by atoms with Gasteiger partial charge in [-0.1, -0.05) is 45.0 Å². The van der Waals surface area contributed by atoms with Gasteiger partial charge in [-0.3, -0.25) is 4.79 Å². The third-order valence-corrected chi connectivity index (χ3v) is 4.79. The fraction of sp³-hybridized carbons (Fsp3) is 0.588. The zero-order valence-electron chi connectivity index (χ0n) is 12.8. The number of amides is 1. The van der Waals surface area contributed by atoms with Gasteiger partial charge in [0.05, 0.1) is 0 Å². The zero-order valence-corrected chi connectivity index (χ0v) is 12.8. The van der Waals surface area contributed by atoms with Crippen LogP contribution < -0.4 is 10.6 Å². The minimum atomic E-state index is -0.205. The van der Waals surface area contributed by atoms with E-state index >= 15 is 0 Å². The topological polar surface area (TPSA) is 41.1 Å². The number of fused-ring (bicyclic) bond motifs is 1. The molecule has 0 radical (unpaired) electrons. The van der Waals surface area contributed by atoms with Crippen molar-refractivity contribution in [3.63, 3.8) is 0 Å². The number of hydrogen-bond acceptors (Lipinski definition) is 2. The third kappa shape index (κ3) is 2.88. The van der Waals surface area contributed by atoms with Crippen LogP contribution in [-0.4, -0.2) is 18.0 Å². The van der Waals surface area contributed by atoms with Crippen molar-refractivity contribution in [3.8, 4) is 0 Å². The molecule has 20 heavy (non-hydrogen) atoms. The maximum atomic E-state index is 12.7. The Hall–Kier alpha value is -1.35. The van der Waals surface area contributed by atoms with Crippen LogP contribution in [0.25, 0.3) is 0 Å². The van der Waals surface area contributed by atoms with E-state index < -0.39 is 0 Å². The van der Waals surface area contributed by atoms with Gasteiger partial charge in [-0.25, -0.2) is 0 Å². The highest BCUT2D eigenvalue weighted by Gasteiger charge is 2.32. The molecule has 110 valence electrons. The van der Waals surface area contributed by atoms with E-state index in [1.54, 1.807) is 0 Å². The van der Waals surface area contributed by atoms with Crippen LogP contribution in [0.2, 0.25) is 0 Å². The Morgan fingerprint density at radius 1 is 1.25 bits per heavy atom. The number of nitrogens with one attached hydrogen (secondary N) is 2. The van der Waals surface area contributed by atoms with Gasteiger partial charge in [-0.15, -0.1) is 0 Å². The van der Waals surface area contributed by atoms with Gasteiger partial charge in [0.2, 0.25) is 5.91 Å². The molecule has 1 amide bonds. The maximum Gasteiger partial charge on any atom is 0.242 e. The second kappa shape index (κ2) is 6.40. The second-order valence-electron chi connectivity index (χ2n) is 5.67. The minimum Gasteiger partial charge on any atom is -0.349 e. The first kappa shape index (κ1) is 15.0. The maximum absolute atomic E-state index is 12.7. The summed E-state index contributed by atoms with van der Waals surface area (Å²) in [5, 5.41) is 6.65. The molecule has 0 fully saturated rings. The molecule has 1 heterocycles. The van der Waals surface area contributed by atoms with Gasteiger partial charge >= 0.3 is 0 Å². The van der Waals surface area contributed by atoms with Crippen LogP contribution in [-0.2, 0) is 11.2 Å². The van der Waals surface area contributed by atoms with Crippen molar-refractivity contribution in [3.05, 3.63) is 35.4 Å². The molecule has 3 nitrogen and oxygen atoms in total. The second-order valence-corrected chi connectivity index (χ2v) is 5.67. The lowest BCUT2D eigenvalue weighted by Gasteiger charge is -2.35. The molecule has 1 aliphatic heterocycles. The van der Waals surface area contributed by atoms with Crippen molar-refractivity contribution in [2.75, 3.05) is 6.54 Å². The smallest absolute Gasteiger partial charge is 0.242 e. The monoisotopic (exact) mass is 274 g/mol. The first-order chi connectivity index (χ1) is 9.65. The Morgan fingerprint density at radius 2 is 1.90 bits per heavy atom. The summed E-state index contributed by atoms with van der Waals surface area (Å²) in [6.07, 6.45) is 3.92. The van der Waals surface area contributed by atoms with E-state index in [0.29, 0.717) is 0 Å². The molecule has 0 spiro atoms. The highest BCUT2D eigenvalue weighted by atomic mass is 16.2. The number of carbonyl (C=O) groups is 1. The van der Waals surface area contributed by atoms with Crippen LogP contribution in [0, 0.1) is 0 Å². The summed E-state index contributed by atoms with van der Waals surface area (Å²) in [6.45, 7) is 7.31. The number of rotatable bonds is 5. The van der Waals surface area contributed by atoms with Gasteiger partial charge in [-0.2, -0.15) is 0 Å². The van der Waals surface area contributed by atoms with E-state index in [0.717, 1.165) is 37.8 Å². The molecule has 0 saturated heterocycles. The summed E-state index contributed by atoms with van der Waals surface area (Å²) in [5.41, 5.74) is 2.36. The van der Waals surface area contributed by atoms with Gasteiger partial charge in [0.15, 0.2) is 0 Å². The van der Waals surface area contributed by atoms with Crippen molar-refractivity contribution >= 4 is 5.91 Å². The fourth-order valence-corrected chi connectivity index (χ4v) is 3.09. The predicted molar refractivity (Wildman–Crippen MR) is 82.6 cm³/mol. The van der Waals surface area contributed by atoms with Crippen LogP contribution in [0.3, 0.4) is 0 Å². The van der Waals surface area contributed by atoms with Crippen LogP contribution in [0.4, 0.5) is 0 Å². The van der Waals surface area contributed by atoms with Crippen LogP contribution in [0.15, 0.2) is 24.3 Å². The molecule has 0 bridgehead atoms. The van der Waals surface area contributed by atoms with Gasteiger partial charge in [0, 0.05) is 12.1 Å². The lowest BCUT2D eigenvalue weighted by molar-refractivity contribution is -0.125. The van der Waals surface area contributed by atoms with E-state index in [1.165, 1.54) is 5.56 Å². The quantitative estimate of drug-likeness (QED) is 0.866.